The molecule has 0 atom stereocenters. The first-order valence-electron chi connectivity index (χ1n) is 6.03. The van der Waals surface area contributed by atoms with E-state index in [1.54, 1.807) is 0 Å². The molecule has 94 valence electrons. The molecule has 1 heterocycles. The molecule has 1 N–H and O–H groups in total. The summed E-state index contributed by atoms with van der Waals surface area (Å²) >= 11 is 6.11. The van der Waals surface area contributed by atoms with Crippen molar-refractivity contribution < 1.29 is 0 Å². The number of nitrogens with zero attached hydrogens (tertiary/aromatic N) is 2. The van der Waals surface area contributed by atoms with Gasteiger partial charge in [0.05, 0.1) is 0 Å². The van der Waals surface area contributed by atoms with E-state index in [0.717, 1.165) is 29.9 Å². The van der Waals surface area contributed by atoms with Crippen LogP contribution in [0.3, 0.4) is 0 Å². The molecule has 0 saturated carbocycles. The van der Waals surface area contributed by atoms with Gasteiger partial charge in [0.2, 0.25) is 0 Å². The van der Waals surface area contributed by atoms with Crippen molar-refractivity contribution in [3.8, 4) is 0 Å². The second-order valence-electron chi connectivity index (χ2n) is 4.23. The first-order valence-corrected chi connectivity index (χ1v) is 6.41. The van der Waals surface area contributed by atoms with Crippen LogP contribution in [-0.4, -0.2) is 9.97 Å². The predicted octanol–water partition coefficient (Wildman–Crippen LogP) is 4.13. The highest BCUT2D eigenvalue weighted by atomic mass is 35.5. The van der Waals surface area contributed by atoms with E-state index in [2.05, 4.69) is 41.3 Å². The Balaban J connectivity index is 2.28. The predicted molar refractivity (Wildman–Crippen MR) is 75.5 cm³/mol. The van der Waals surface area contributed by atoms with Gasteiger partial charge in [0, 0.05) is 11.3 Å². The molecule has 0 fully saturated rings. The van der Waals surface area contributed by atoms with E-state index in [1.807, 2.05) is 12.1 Å². The number of halogens is 1. The van der Waals surface area contributed by atoms with Crippen molar-refractivity contribution in [2.24, 2.45) is 0 Å². The molecule has 0 radical (unpaired) electrons. The summed E-state index contributed by atoms with van der Waals surface area (Å²) in [5.74, 6) is 0.792. The molecule has 0 spiro atoms. The minimum Gasteiger partial charge on any atom is -0.340 e. The van der Waals surface area contributed by atoms with E-state index in [9.17, 15) is 0 Å². The third-order valence-electron chi connectivity index (χ3n) is 2.71. The van der Waals surface area contributed by atoms with Crippen molar-refractivity contribution in [3.05, 3.63) is 46.9 Å². The van der Waals surface area contributed by atoms with Gasteiger partial charge in [0.1, 0.15) is 17.3 Å². The average molecular weight is 262 g/mol. The zero-order chi connectivity index (χ0) is 13.0. The molecule has 3 nitrogen and oxygen atoms in total. The van der Waals surface area contributed by atoms with E-state index in [-0.39, 0.29) is 0 Å². The molecule has 0 aliphatic rings. The maximum atomic E-state index is 6.11. The standard InChI is InChI=1S/C14H16ClN3/c1-3-4-12-13(15)16-9-17-14(12)18-11-7-5-10(2)6-8-11/h5-9H,3-4H2,1-2H3,(H,16,17,18). The Bertz CT molecular complexity index is 523. The lowest BCUT2D eigenvalue weighted by Gasteiger charge is -2.11. The van der Waals surface area contributed by atoms with Gasteiger partial charge in [0.15, 0.2) is 0 Å². The van der Waals surface area contributed by atoms with Gasteiger partial charge in [-0.25, -0.2) is 9.97 Å². The summed E-state index contributed by atoms with van der Waals surface area (Å²) in [4.78, 5) is 8.30. The number of nitrogens with one attached hydrogen (secondary N) is 1. The summed E-state index contributed by atoms with van der Waals surface area (Å²) in [6, 6.07) is 8.18. The van der Waals surface area contributed by atoms with Crippen LogP contribution in [0.15, 0.2) is 30.6 Å². The van der Waals surface area contributed by atoms with Gasteiger partial charge in [-0.1, -0.05) is 42.6 Å². The van der Waals surface area contributed by atoms with Crippen LogP contribution in [0.5, 0.6) is 0 Å². The minimum atomic E-state index is 0.529. The van der Waals surface area contributed by atoms with Crippen molar-refractivity contribution in [2.45, 2.75) is 26.7 Å². The van der Waals surface area contributed by atoms with E-state index in [0.29, 0.717) is 5.15 Å². The smallest absolute Gasteiger partial charge is 0.138 e. The molecule has 0 amide bonds. The Kier molecular flexibility index (Phi) is 4.15. The third kappa shape index (κ3) is 2.99. The molecule has 0 unspecified atom stereocenters. The van der Waals surface area contributed by atoms with Crippen molar-refractivity contribution in [1.29, 1.82) is 0 Å². The largest absolute Gasteiger partial charge is 0.340 e. The first-order chi connectivity index (χ1) is 8.70. The van der Waals surface area contributed by atoms with Gasteiger partial charge in [-0.05, 0) is 25.5 Å². The highest BCUT2D eigenvalue weighted by molar-refractivity contribution is 6.30. The molecule has 2 aromatic rings. The molecule has 0 bridgehead atoms. The summed E-state index contributed by atoms with van der Waals surface area (Å²) in [6.07, 6.45) is 3.36. The zero-order valence-corrected chi connectivity index (χ0v) is 11.3. The number of aromatic nitrogens is 2. The van der Waals surface area contributed by atoms with Crippen LogP contribution in [0.1, 0.15) is 24.5 Å². The summed E-state index contributed by atoms with van der Waals surface area (Å²) < 4.78 is 0. The van der Waals surface area contributed by atoms with Gasteiger partial charge >= 0.3 is 0 Å². The second-order valence-corrected chi connectivity index (χ2v) is 4.59. The molecule has 0 aliphatic heterocycles. The normalized spacial score (nSPS) is 10.4. The van der Waals surface area contributed by atoms with Crippen LogP contribution in [0.25, 0.3) is 0 Å². The van der Waals surface area contributed by atoms with Crippen molar-refractivity contribution in [1.82, 2.24) is 9.97 Å². The Morgan fingerprint density at radius 1 is 1.17 bits per heavy atom. The molecular weight excluding hydrogens is 246 g/mol. The molecule has 0 aliphatic carbocycles. The fraction of sp³-hybridized carbons (Fsp3) is 0.286. The SMILES string of the molecule is CCCc1c(Cl)ncnc1Nc1ccc(C)cc1. The lowest BCUT2D eigenvalue weighted by Crippen LogP contribution is -2.01. The molecule has 1 aromatic heterocycles. The monoisotopic (exact) mass is 261 g/mol. The topological polar surface area (TPSA) is 37.8 Å². The molecule has 0 saturated heterocycles. The van der Waals surface area contributed by atoms with Gasteiger partial charge in [-0.3, -0.25) is 0 Å². The summed E-state index contributed by atoms with van der Waals surface area (Å²) in [6.45, 7) is 4.17. The Morgan fingerprint density at radius 2 is 1.89 bits per heavy atom. The summed E-state index contributed by atoms with van der Waals surface area (Å²) in [5.41, 5.74) is 3.21. The number of rotatable bonds is 4. The number of hydrogen-bond donors (Lipinski definition) is 1. The van der Waals surface area contributed by atoms with Crippen LogP contribution < -0.4 is 5.32 Å². The maximum Gasteiger partial charge on any atom is 0.138 e. The Morgan fingerprint density at radius 3 is 2.56 bits per heavy atom. The number of hydrogen-bond acceptors (Lipinski definition) is 3. The van der Waals surface area contributed by atoms with Crippen LogP contribution in [-0.2, 0) is 6.42 Å². The van der Waals surface area contributed by atoms with Gasteiger partial charge in [0.25, 0.3) is 0 Å². The minimum absolute atomic E-state index is 0.529. The Labute approximate surface area is 112 Å². The Hall–Kier alpha value is -1.61. The number of aryl methyl sites for hydroxylation is 1. The molecule has 18 heavy (non-hydrogen) atoms. The van der Waals surface area contributed by atoms with Crippen LogP contribution >= 0.6 is 11.6 Å². The number of anilines is 2. The van der Waals surface area contributed by atoms with Gasteiger partial charge < -0.3 is 5.32 Å². The van der Waals surface area contributed by atoms with E-state index < -0.39 is 0 Å². The maximum absolute atomic E-state index is 6.11. The lowest BCUT2D eigenvalue weighted by molar-refractivity contribution is 0.904. The summed E-state index contributed by atoms with van der Waals surface area (Å²) in [5, 5.41) is 3.82. The summed E-state index contributed by atoms with van der Waals surface area (Å²) in [7, 11) is 0. The molecular formula is C14H16ClN3. The van der Waals surface area contributed by atoms with Crippen LogP contribution in [0.2, 0.25) is 5.15 Å². The van der Waals surface area contributed by atoms with E-state index in [4.69, 9.17) is 11.6 Å². The van der Waals surface area contributed by atoms with E-state index in [1.165, 1.54) is 11.9 Å². The second kappa shape index (κ2) is 5.83. The van der Waals surface area contributed by atoms with Crippen molar-refractivity contribution in [2.75, 3.05) is 5.32 Å². The lowest BCUT2D eigenvalue weighted by atomic mass is 10.1. The average Bonchev–Trinajstić information content (AvgIpc) is 2.36. The highest BCUT2D eigenvalue weighted by Crippen LogP contribution is 2.24. The van der Waals surface area contributed by atoms with E-state index >= 15 is 0 Å². The zero-order valence-electron chi connectivity index (χ0n) is 10.6. The highest BCUT2D eigenvalue weighted by Gasteiger charge is 2.09. The third-order valence-corrected chi connectivity index (χ3v) is 3.03. The molecule has 4 heteroatoms. The van der Waals surface area contributed by atoms with Gasteiger partial charge in [-0.2, -0.15) is 0 Å². The van der Waals surface area contributed by atoms with Gasteiger partial charge in [-0.15, -0.1) is 0 Å². The van der Waals surface area contributed by atoms with Crippen LogP contribution in [0, 0.1) is 6.92 Å². The van der Waals surface area contributed by atoms with Crippen molar-refractivity contribution in [3.63, 3.8) is 0 Å². The van der Waals surface area contributed by atoms with Crippen molar-refractivity contribution >= 4 is 23.1 Å². The van der Waals surface area contributed by atoms with Crippen LogP contribution in [0.4, 0.5) is 11.5 Å². The number of benzene rings is 1. The quantitative estimate of drug-likeness (QED) is 0.841. The fourth-order valence-electron chi connectivity index (χ4n) is 1.74. The first kappa shape index (κ1) is 12.8. The fourth-order valence-corrected chi connectivity index (χ4v) is 1.97. The molecule has 1 aromatic carbocycles. The molecule has 2 rings (SSSR count).